The van der Waals surface area contributed by atoms with Crippen LogP contribution in [0.25, 0.3) is 0 Å². The smallest absolute Gasteiger partial charge is 0.306 e. The van der Waals surface area contributed by atoms with Crippen molar-refractivity contribution in [3.8, 4) is 0 Å². The lowest BCUT2D eigenvalue weighted by Gasteiger charge is -2.25. The molecule has 0 bridgehead atoms. The fraction of sp³-hybridized carbons (Fsp3) is 0.500. The molecule has 0 atom stereocenters. The second-order valence-corrected chi connectivity index (χ2v) is 4.37. The number of aromatic nitrogens is 1. The molecular weight excluding hydrogens is 204 g/mol. The van der Waals surface area contributed by atoms with E-state index in [1.807, 2.05) is 12.1 Å². The number of rotatable bonds is 2. The predicted octanol–water partition coefficient (Wildman–Crippen LogP) is 2.02. The second kappa shape index (κ2) is 4.51. The standard InChI is InChI=1S/C12H16N2O2/c13-11-3-1-2-10(14-11)8-4-6-9(7-5-8)12(15)16/h1-3,8-9H,4-7H2,(H2,13,14)(H,15,16). The van der Waals surface area contributed by atoms with Crippen LogP contribution in [0.4, 0.5) is 5.82 Å². The van der Waals surface area contributed by atoms with Crippen molar-refractivity contribution in [3.63, 3.8) is 0 Å². The first kappa shape index (κ1) is 10.9. The summed E-state index contributed by atoms with van der Waals surface area (Å²) in [5.41, 5.74) is 6.64. The quantitative estimate of drug-likeness (QED) is 0.799. The average Bonchev–Trinajstić information content (AvgIpc) is 2.29. The van der Waals surface area contributed by atoms with Crippen molar-refractivity contribution < 1.29 is 9.90 Å². The van der Waals surface area contributed by atoms with Gasteiger partial charge in [0.05, 0.1) is 5.92 Å². The minimum Gasteiger partial charge on any atom is -0.481 e. The van der Waals surface area contributed by atoms with Gasteiger partial charge in [0.15, 0.2) is 0 Å². The number of pyridine rings is 1. The molecule has 0 aliphatic heterocycles. The number of carboxylic acid groups (broad SMARTS) is 1. The molecule has 0 aromatic carbocycles. The zero-order chi connectivity index (χ0) is 11.5. The summed E-state index contributed by atoms with van der Waals surface area (Å²) in [4.78, 5) is 15.1. The Morgan fingerprint density at radius 3 is 2.56 bits per heavy atom. The Morgan fingerprint density at radius 2 is 2.00 bits per heavy atom. The first-order chi connectivity index (χ1) is 7.66. The van der Waals surface area contributed by atoms with E-state index in [2.05, 4.69) is 4.98 Å². The van der Waals surface area contributed by atoms with E-state index in [-0.39, 0.29) is 5.92 Å². The van der Waals surface area contributed by atoms with E-state index in [9.17, 15) is 4.79 Å². The number of nitrogens with zero attached hydrogens (tertiary/aromatic N) is 1. The summed E-state index contributed by atoms with van der Waals surface area (Å²) in [6.07, 6.45) is 3.29. The number of hydrogen-bond donors (Lipinski definition) is 2. The van der Waals surface area contributed by atoms with Crippen molar-refractivity contribution >= 4 is 11.8 Å². The maximum atomic E-state index is 10.8. The third-order valence-corrected chi connectivity index (χ3v) is 3.29. The van der Waals surface area contributed by atoms with Gasteiger partial charge in [-0.1, -0.05) is 6.07 Å². The highest BCUT2D eigenvalue weighted by atomic mass is 16.4. The van der Waals surface area contributed by atoms with Crippen LogP contribution in [-0.4, -0.2) is 16.1 Å². The highest BCUT2D eigenvalue weighted by Crippen LogP contribution is 2.35. The van der Waals surface area contributed by atoms with Crippen molar-refractivity contribution in [1.29, 1.82) is 0 Å². The molecule has 4 heteroatoms. The maximum Gasteiger partial charge on any atom is 0.306 e. The molecule has 0 amide bonds. The van der Waals surface area contributed by atoms with Crippen LogP contribution in [0, 0.1) is 5.92 Å². The number of carbonyl (C=O) groups is 1. The number of nitrogen functional groups attached to an aromatic ring is 1. The van der Waals surface area contributed by atoms with Crippen LogP contribution in [0.2, 0.25) is 0 Å². The zero-order valence-corrected chi connectivity index (χ0v) is 9.10. The van der Waals surface area contributed by atoms with Gasteiger partial charge in [0.2, 0.25) is 0 Å². The molecule has 1 fully saturated rings. The van der Waals surface area contributed by atoms with Crippen LogP contribution in [-0.2, 0) is 4.79 Å². The molecule has 2 rings (SSSR count). The molecule has 0 saturated heterocycles. The number of hydrogen-bond acceptors (Lipinski definition) is 3. The van der Waals surface area contributed by atoms with Crippen molar-refractivity contribution in [3.05, 3.63) is 23.9 Å². The Morgan fingerprint density at radius 1 is 1.31 bits per heavy atom. The summed E-state index contributed by atoms with van der Waals surface area (Å²) >= 11 is 0. The molecule has 1 aromatic heterocycles. The van der Waals surface area contributed by atoms with Gasteiger partial charge in [-0.25, -0.2) is 4.98 Å². The lowest BCUT2D eigenvalue weighted by atomic mass is 9.80. The summed E-state index contributed by atoms with van der Waals surface area (Å²) in [6, 6.07) is 5.65. The fourth-order valence-corrected chi connectivity index (χ4v) is 2.33. The van der Waals surface area contributed by atoms with Crippen LogP contribution in [0.3, 0.4) is 0 Å². The first-order valence-corrected chi connectivity index (χ1v) is 5.62. The molecule has 4 nitrogen and oxygen atoms in total. The van der Waals surface area contributed by atoms with Gasteiger partial charge in [0.25, 0.3) is 0 Å². The van der Waals surface area contributed by atoms with Gasteiger partial charge >= 0.3 is 5.97 Å². The van der Waals surface area contributed by atoms with Crippen LogP contribution in [0.5, 0.6) is 0 Å². The minimum absolute atomic E-state index is 0.169. The Labute approximate surface area is 94.5 Å². The Bertz CT molecular complexity index is 384. The van der Waals surface area contributed by atoms with Crippen molar-refractivity contribution in [1.82, 2.24) is 4.98 Å². The highest BCUT2D eigenvalue weighted by molar-refractivity contribution is 5.70. The SMILES string of the molecule is Nc1cccc(C2CCC(C(=O)O)CC2)n1. The van der Waals surface area contributed by atoms with Gasteiger partial charge in [-0.05, 0) is 37.8 Å². The van der Waals surface area contributed by atoms with E-state index >= 15 is 0 Å². The topological polar surface area (TPSA) is 76.2 Å². The van der Waals surface area contributed by atoms with Gasteiger partial charge in [0, 0.05) is 11.6 Å². The predicted molar refractivity (Wildman–Crippen MR) is 61.0 cm³/mol. The maximum absolute atomic E-state index is 10.8. The molecule has 16 heavy (non-hydrogen) atoms. The van der Waals surface area contributed by atoms with Crippen molar-refractivity contribution in [2.75, 3.05) is 5.73 Å². The molecule has 86 valence electrons. The molecule has 1 heterocycles. The summed E-state index contributed by atoms with van der Waals surface area (Å²) < 4.78 is 0. The van der Waals surface area contributed by atoms with E-state index in [0.29, 0.717) is 11.7 Å². The van der Waals surface area contributed by atoms with Crippen LogP contribution in [0.1, 0.15) is 37.3 Å². The molecule has 1 aliphatic carbocycles. The summed E-state index contributed by atoms with van der Waals surface area (Å²) in [5.74, 6) is 0.0771. The molecule has 0 spiro atoms. The van der Waals surface area contributed by atoms with Crippen LogP contribution >= 0.6 is 0 Å². The van der Waals surface area contributed by atoms with E-state index in [4.69, 9.17) is 10.8 Å². The normalized spacial score (nSPS) is 25.2. The van der Waals surface area contributed by atoms with Crippen LogP contribution in [0.15, 0.2) is 18.2 Å². The summed E-state index contributed by atoms with van der Waals surface area (Å²) in [5, 5.41) is 8.90. The molecular formula is C12H16N2O2. The molecule has 0 radical (unpaired) electrons. The third-order valence-electron chi connectivity index (χ3n) is 3.29. The number of nitrogens with two attached hydrogens (primary N) is 1. The third kappa shape index (κ3) is 2.32. The Balaban J connectivity index is 2.01. The zero-order valence-electron chi connectivity index (χ0n) is 9.10. The Hall–Kier alpha value is -1.58. The second-order valence-electron chi connectivity index (χ2n) is 4.37. The molecule has 0 unspecified atom stereocenters. The van der Waals surface area contributed by atoms with Gasteiger partial charge in [-0.3, -0.25) is 4.79 Å². The largest absolute Gasteiger partial charge is 0.481 e. The van der Waals surface area contributed by atoms with Gasteiger partial charge in [-0.2, -0.15) is 0 Å². The number of anilines is 1. The number of carboxylic acids is 1. The molecule has 1 saturated carbocycles. The van der Waals surface area contributed by atoms with Crippen LogP contribution < -0.4 is 5.73 Å². The average molecular weight is 220 g/mol. The van der Waals surface area contributed by atoms with Crippen molar-refractivity contribution in [2.45, 2.75) is 31.6 Å². The van der Waals surface area contributed by atoms with E-state index in [1.54, 1.807) is 6.07 Å². The fourth-order valence-electron chi connectivity index (χ4n) is 2.33. The molecule has 1 aromatic rings. The van der Waals surface area contributed by atoms with E-state index in [1.165, 1.54) is 0 Å². The minimum atomic E-state index is -0.668. The first-order valence-electron chi connectivity index (χ1n) is 5.62. The molecule has 1 aliphatic rings. The molecule has 3 N–H and O–H groups in total. The summed E-state index contributed by atoms with van der Waals surface area (Å²) in [7, 11) is 0. The lowest BCUT2D eigenvalue weighted by Crippen LogP contribution is -2.21. The monoisotopic (exact) mass is 220 g/mol. The van der Waals surface area contributed by atoms with E-state index in [0.717, 1.165) is 31.4 Å². The van der Waals surface area contributed by atoms with Crippen molar-refractivity contribution in [2.24, 2.45) is 5.92 Å². The van der Waals surface area contributed by atoms with Gasteiger partial charge in [0.1, 0.15) is 5.82 Å². The van der Waals surface area contributed by atoms with Gasteiger partial charge < -0.3 is 10.8 Å². The summed E-state index contributed by atoms with van der Waals surface area (Å²) in [6.45, 7) is 0. The lowest BCUT2D eigenvalue weighted by molar-refractivity contribution is -0.142. The highest BCUT2D eigenvalue weighted by Gasteiger charge is 2.27. The van der Waals surface area contributed by atoms with E-state index < -0.39 is 5.97 Å². The Kier molecular flexibility index (Phi) is 3.08. The number of aliphatic carboxylic acids is 1. The van der Waals surface area contributed by atoms with Gasteiger partial charge in [-0.15, -0.1) is 0 Å².